The lowest BCUT2D eigenvalue weighted by atomic mass is 9.94. The Bertz CT molecular complexity index is 624. The van der Waals surface area contributed by atoms with Gasteiger partial charge in [0.1, 0.15) is 0 Å². The summed E-state index contributed by atoms with van der Waals surface area (Å²) in [6.07, 6.45) is 5.85. The van der Waals surface area contributed by atoms with Crippen molar-refractivity contribution in [1.29, 1.82) is 0 Å². The molecule has 0 nitrogen and oxygen atoms in total. The lowest BCUT2D eigenvalue weighted by Gasteiger charge is -2.13. The Morgan fingerprint density at radius 2 is 1.84 bits per heavy atom. The third kappa shape index (κ3) is 2.28. The Kier molecular flexibility index (Phi) is 3.56. The third-order valence-electron chi connectivity index (χ3n) is 3.74. The fourth-order valence-corrected chi connectivity index (χ4v) is 3.49. The highest BCUT2D eigenvalue weighted by molar-refractivity contribution is 9.10. The summed E-state index contributed by atoms with van der Waals surface area (Å²) in [5, 5.41) is 0. The largest absolute Gasteiger partial charge is 0.0763 e. The fourth-order valence-electron chi connectivity index (χ4n) is 2.89. The molecule has 0 spiro atoms. The van der Waals surface area contributed by atoms with Crippen molar-refractivity contribution >= 4 is 21.5 Å². The summed E-state index contributed by atoms with van der Waals surface area (Å²) in [5.41, 5.74) is 7.10. The fraction of sp³-hybridized carbons (Fsp3) is 0.222. The topological polar surface area (TPSA) is 0 Å². The number of allylic oxidation sites excluding steroid dienone is 2. The Hall–Kier alpha value is -1.34. The molecule has 3 rings (SSSR count). The number of halogens is 1. The Morgan fingerprint density at radius 3 is 2.58 bits per heavy atom. The molecule has 0 radical (unpaired) electrons. The highest BCUT2D eigenvalue weighted by atomic mass is 79.9. The molecule has 0 bridgehead atoms. The normalized spacial score (nSPS) is 13.3. The minimum Gasteiger partial charge on any atom is -0.0763 e. The van der Waals surface area contributed by atoms with Gasteiger partial charge in [-0.1, -0.05) is 71.7 Å². The Labute approximate surface area is 123 Å². The number of fused-ring (bicyclic) bond motifs is 1. The van der Waals surface area contributed by atoms with E-state index >= 15 is 0 Å². The lowest BCUT2D eigenvalue weighted by Crippen LogP contribution is -1.92. The summed E-state index contributed by atoms with van der Waals surface area (Å²) < 4.78 is 1.20. The summed E-state index contributed by atoms with van der Waals surface area (Å²) >= 11 is 3.72. The molecule has 19 heavy (non-hydrogen) atoms. The molecule has 96 valence electrons. The summed E-state index contributed by atoms with van der Waals surface area (Å²) in [6.45, 7) is 2.25. The van der Waals surface area contributed by atoms with Crippen LogP contribution in [0.5, 0.6) is 0 Å². The van der Waals surface area contributed by atoms with Crippen LogP contribution in [0.4, 0.5) is 0 Å². The van der Waals surface area contributed by atoms with E-state index in [4.69, 9.17) is 0 Å². The number of benzene rings is 2. The first-order valence-corrected chi connectivity index (χ1v) is 7.66. The van der Waals surface area contributed by atoms with Crippen LogP contribution in [0.2, 0.25) is 0 Å². The summed E-state index contributed by atoms with van der Waals surface area (Å²) in [5.74, 6) is 0. The predicted molar refractivity (Wildman–Crippen MR) is 86.2 cm³/mol. The molecular weight excluding hydrogens is 296 g/mol. The SMILES string of the molecule is CCCC1=CCc2c1ccc(Br)c2-c1ccccc1. The minimum atomic E-state index is 1.06. The second kappa shape index (κ2) is 5.34. The number of hydrogen-bond acceptors (Lipinski definition) is 0. The van der Waals surface area contributed by atoms with E-state index in [1.54, 1.807) is 0 Å². The average Bonchev–Trinajstić information content (AvgIpc) is 2.83. The lowest BCUT2D eigenvalue weighted by molar-refractivity contribution is 0.975. The van der Waals surface area contributed by atoms with Crippen molar-refractivity contribution in [2.75, 3.05) is 0 Å². The van der Waals surface area contributed by atoms with E-state index in [9.17, 15) is 0 Å². The van der Waals surface area contributed by atoms with Gasteiger partial charge in [-0.2, -0.15) is 0 Å². The molecule has 1 heteroatoms. The minimum absolute atomic E-state index is 1.06. The van der Waals surface area contributed by atoms with Crippen molar-refractivity contribution in [3.63, 3.8) is 0 Å². The summed E-state index contributed by atoms with van der Waals surface area (Å²) in [7, 11) is 0. The van der Waals surface area contributed by atoms with Crippen LogP contribution in [0.3, 0.4) is 0 Å². The van der Waals surface area contributed by atoms with Crippen molar-refractivity contribution in [3.05, 3.63) is 64.1 Å². The van der Waals surface area contributed by atoms with Crippen LogP contribution in [-0.2, 0) is 6.42 Å². The molecule has 0 N–H and O–H groups in total. The van der Waals surface area contributed by atoms with Crippen molar-refractivity contribution in [2.24, 2.45) is 0 Å². The monoisotopic (exact) mass is 312 g/mol. The molecule has 1 aliphatic carbocycles. The third-order valence-corrected chi connectivity index (χ3v) is 4.40. The summed E-state index contributed by atoms with van der Waals surface area (Å²) in [6, 6.07) is 15.1. The second-order valence-electron chi connectivity index (χ2n) is 5.00. The zero-order valence-electron chi connectivity index (χ0n) is 11.1. The highest BCUT2D eigenvalue weighted by Crippen LogP contribution is 2.40. The molecule has 0 amide bonds. The Morgan fingerprint density at radius 1 is 1.05 bits per heavy atom. The van der Waals surface area contributed by atoms with Gasteiger partial charge in [-0.05, 0) is 46.7 Å². The van der Waals surface area contributed by atoms with E-state index in [-0.39, 0.29) is 0 Å². The van der Waals surface area contributed by atoms with Crippen molar-refractivity contribution < 1.29 is 0 Å². The smallest absolute Gasteiger partial charge is 0.0257 e. The number of rotatable bonds is 3. The van der Waals surface area contributed by atoms with Crippen LogP contribution in [0.1, 0.15) is 30.9 Å². The van der Waals surface area contributed by atoms with Gasteiger partial charge in [-0.3, -0.25) is 0 Å². The molecule has 0 atom stereocenters. The Balaban J connectivity index is 2.13. The first-order chi connectivity index (χ1) is 9.31. The van der Waals surface area contributed by atoms with Gasteiger partial charge >= 0.3 is 0 Å². The van der Waals surface area contributed by atoms with Gasteiger partial charge in [0.25, 0.3) is 0 Å². The summed E-state index contributed by atoms with van der Waals surface area (Å²) in [4.78, 5) is 0. The van der Waals surface area contributed by atoms with Crippen LogP contribution in [0, 0.1) is 0 Å². The highest BCUT2D eigenvalue weighted by Gasteiger charge is 2.19. The van der Waals surface area contributed by atoms with Crippen LogP contribution in [0.15, 0.2) is 53.0 Å². The molecule has 2 aromatic rings. The van der Waals surface area contributed by atoms with Gasteiger partial charge in [-0.15, -0.1) is 0 Å². The average molecular weight is 313 g/mol. The first-order valence-electron chi connectivity index (χ1n) is 6.87. The van der Waals surface area contributed by atoms with Gasteiger partial charge in [0.15, 0.2) is 0 Å². The number of hydrogen-bond donors (Lipinski definition) is 0. The van der Waals surface area contributed by atoms with Gasteiger partial charge in [0.2, 0.25) is 0 Å². The zero-order chi connectivity index (χ0) is 13.2. The van der Waals surface area contributed by atoms with Crippen LogP contribution in [-0.4, -0.2) is 0 Å². The molecule has 0 aliphatic heterocycles. The van der Waals surface area contributed by atoms with Crippen molar-refractivity contribution in [1.82, 2.24) is 0 Å². The molecule has 1 aliphatic rings. The molecule has 0 saturated carbocycles. The second-order valence-corrected chi connectivity index (χ2v) is 5.85. The van der Waals surface area contributed by atoms with Gasteiger partial charge in [-0.25, -0.2) is 0 Å². The maximum atomic E-state index is 3.72. The van der Waals surface area contributed by atoms with Gasteiger partial charge in [0, 0.05) is 4.47 Å². The van der Waals surface area contributed by atoms with Crippen LogP contribution >= 0.6 is 15.9 Å². The molecule has 2 aromatic carbocycles. The van der Waals surface area contributed by atoms with Crippen LogP contribution in [0.25, 0.3) is 16.7 Å². The molecular formula is C18H17Br. The molecule has 0 saturated heterocycles. The maximum Gasteiger partial charge on any atom is 0.0257 e. The predicted octanol–water partition coefficient (Wildman–Crippen LogP) is 5.86. The maximum absolute atomic E-state index is 3.72. The van der Waals surface area contributed by atoms with Crippen molar-refractivity contribution in [3.8, 4) is 11.1 Å². The van der Waals surface area contributed by atoms with Crippen molar-refractivity contribution in [2.45, 2.75) is 26.2 Å². The van der Waals surface area contributed by atoms with E-state index in [1.165, 1.54) is 45.1 Å². The molecule has 0 fully saturated rings. The first kappa shape index (κ1) is 12.7. The van der Waals surface area contributed by atoms with E-state index in [0.29, 0.717) is 0 Å². The quantitative estimate of drug-likeness (QED) is 0.666. The molecule has 0 aromatic heterocycles. The molecule has 0 heterocycles. The van der Waals surface area contributed by atoms with Gasteiger partial charge in [0.05, 0.1) is 0 Å². The van der Waals surface area contributed by atoms with Crippen LogP contribution < -0.4 is 0 Å². The van der Waals surface area contributed by atoms with E-state index < -0.39 is 0 Å². The van der Waals surface area contributed by atoms with E-state index in [2.05, 4.69) is 71.4 Å². The standard InChI is InChI=1S/C18H17Br/c1-2-6-13-9-10-16-15(13)11-12-17(19)18(16)14-7-4-3-5-8-14/h3-5,7-9,11-12H,2,6,10H2,1H3. The zero-order valence-corrected chi connectivity index (χ0v) is 12.7. The van der Waals surface area contributed by atoms with E-state index in [1.807, 2.05) is 0 Å². The van der Waals surface area contributed by atoms with E-state index in [0.717, 1.165) is 6.42 Å². The molecule has 0 unspecified atom stereocenters. The van der Waals surface area contributed by atoms with Gasteiger partial charge < -0.3 is 0 Å².